The number of hydrogen-bond donors (Lipinski definition) is 2. The van der Waals surface area contributed by atoms with Crippen molar-refractivity contribution in [2.24, 2.45) is 0 Å². The molecule has 0 saturated carbocycles. The Bertz CT molecular complexity index is 1120. The third-order valence-corrected chi connectivity index (χ3v) is 5.99. The van der Waals surface area contributed by atoms with Crippen molar-refractivity contribution in [1.29, 1.82) is 0 Å². The Morgan fingerprint density at radius 1 is 1.12 bits per heavy atom. The van der Waals surface area contributed by atoms with E-state index in [9.17, 15) is 4.79 Å². The molecule has 1 aliphatic rings. The van der Waals surface area contributed by atoms with Gasteiger partial charge in [0.15, 0.2) is 0 Å². The Morgan fingerprint density at radius 3 is 2.47 bits per heavy atom. The molecule has 1 aromatic heterocycles. The summed E-state index contributed by atoms with van der Waals surface area (Å²) in [4.78, 5) is 22.8. The van der Waals surface area contributed by atoms with Gasteiger partial charge in [0.05, 0.1) is 19.7 Å². The highest BCUT2D eigenvalue weighted by atomic mass is 16.5. The standard InChI is InChI=1S/C25H32N4O3/c1-16(2)26-19-9-11-29(12-10-19)15-17-5-7-18(8-6-17)24-27-21-13-20(31-3)14-22(32-4)23(21)25(30)28-24/h5-8,13-14,16,19,26H,9-12,15H2,1-4H3,(H,27,28,30). The van der Waals surface area contributed by atoms with Gasteiger partial charge in [-0.2, -0.15) is 0 Å². The molecule has 3 aromatic rings. The highest BCUT2D eigenvalue weighted by Crippen LogP contribution is 2.29. The van der Waals surface area contributed by atoms with Gasteiger partial charge in [-0.15, -0.1) is 0 Å². The Morgan fingerprint density at radius 2 is 1.84 bits per heavy atom. The van der Waals surface area contributed by atoms with Gasteiger partial charge in [-0.05, 0) is 31.5 Å². The minimum absolute atomic E-state index is 0.230. The molecule has 7 heteroatoms. The van der Waals surface area contributed by atoms with E-state index in [-0.39, 0.29) is 5.56 Å². The third kappa shape index (κ3) is 4.95. The molecular weight excluding hydrogens is 404 g/mol. The van der Waals surface area contributed by atoms with Crippen LogP contribution in [-0.4, -0.2) is 54.3 Å². The summed E-state index contributed by atoms with van der Waals surface area (Å²) in [5.41, 5.74) is 2.44. The second-order valence-corrected chi connectivity index (χ2v) is 8.71. The quantitative estimate of drug-likeness (QED) is 0.590. The van der Waals surface area contributed by atoms with Crippen LogP contribution in [0.5, 0.6) is 11.5 Å². The molecule has 4 rings (SSSR count). The number of likely N-dealkylation sites (tertiary alicyclic amines) is 1. The van der Waals surface area contributed by atoms with Crippen LogP contribution in [-0.2, 0) is 6.54 Å². The first-order valence-corrected chi connectivity index (χ1v) is 11.2. The van der Waals surface area contributed by atoms with Crippen LogP contribution in [0.2, 0.25) is 0 Å². The van der Waals surface area contributed by atoms with E-state index in [4.69, 9.17) is 9.47 Å². The van der Waals surface area contributed by atoms with E-state index in [1.807, 2.05) is 12.1 Å². The van der Waals surface area contributed by atoms with E-state index in [2.05, 4.69) is 46.2 Å². The van der Waals surface area contributed by atoms with Gasteiger partial charge in [0.1, 0.15) is 22.7 Å². The van der Waals surface area contributed by atoms with Crippen LogP contribution in [0.25, 0.3) is 22.3 Å². The number of hydrogen-bond acceptors (Lipinski definition) is 6. The smallest absolute Gasteiger partial charge is 0.262 e. The number of methoxy groups -OCH3 is 2. The van der Waals surface area contributed by atoms with Crippen LogP contribution in [0.1, 0.15) is 32.3 Å². The number of nitrogens with zero attached hydrogens (tertiary/aromatic N) is 2. The van der Waals surface area contributed by atoms with Gasteiger partial charge in [0.25, 0.3) is 5.56 Å². The molecule has 0 aliphatic carbocycles. The predicted octanol–water partition coefficient (Wildman–Crippen LogP) is 3.57. The summed E-state index contributed by atoms with van der Waals surface area (Å²) in [6, 6.07) is 12.9. The average Bonchev–Trinajstić information content (AvgIpc) is 2.79. The van der Waals surface area contributed by atoms with Crippen molar-refractivity contribution in [1.82, 2.24) is 20.2 Å². The molecule has 2 N–H and O–H groups in total. The Labute approximate surface area is 188 Å². The van der Waals surface area contributed by atoms with Crippen LogP contribution in [0.3, 0.4) is 0 Å². The second-order valence-electron chi connectivity index (χ2n) is 8.71. The molecule has 2 heterocycles. The number of aromatic nitrogens is 2. The maximum atomic E-state index is 12.7. The maximum Gasteiger partial charge on any atom is 0.262 e. The molecule has 1 fully saturated rings. The van der Waals surface area contributed by atoms with Gasteiger partial charge in [-0.3, -0.25) is 9.69 Å². The van der Waals surface area contributed by atoms with E-state index in [0.29, 0.717) is 40.3 Å². The first kappa shape index (κ1) is 22.3. The summed E-state index contributed by atoms with van der Waals surface area (Å²) < 4.78 is 10.7. The monoisotopic (exact) mass is 436 g/mol. The van der Waals surface area contributed by atoms with E-state index in [1.165, 1.54) is 25.5 Å². The zero-order chi connectivity index (χ0) is 22.7. The van der Waals surface area contributed by atoms with Crippen molar-refractivity contribution >= 4 is 10.9 Å². The predicted molar refractivity (Wildman–Crippen MR) is 127 cm³/mol. The molecule has 0 amide bonds. The Balaban J connectivity index is 1.50. The van der Waals surface area contributed by atoms with Crippen molar-refractivity contribution in [3.63, 3.8) is 0 Å². The van der Waals surface area contributed by atoms with Gasteiger partial charge >= 0.3 is 0 Å². The molecule has 1 saturated heterocycles. The molecule has 7 nitrogen and oxygen atoms in total. The van der Waals surface area contributed by atoms with E-state index < -0.39 is 0 Å². The summed E-state index contributed by atoms with van der Waals surface area (Å²) in [5.74, 6) is 1.58. The first-order valence-electron chi connectivity index (χ1n) is 11.2. The van der Waals surface area contributed by atoms with Crippen molar-refractivity contribution in [3.8, 4) is 22.9 Å². The summed E-state index contributed by atoms with van der Waals surface area (Å²) in [5, 5.41) is 4.07. The lowest BCUT2D eigenvalue weighted by molar-refractivity contribution is 0.186. The summed E-state index contributed by atoms with van der Waals surface area (Å²) in [6.07, 6.45) is 2.37. The van der Waals surface area contributed by atoms with Crippen LogP contribution in [0, 0.1) is 0 Å². The highest BCUT2D eigenvalue weighted by Gasteiger charge is 2.19. The Hall–Kier alpha value is -2.90. The van der Waals surface area contributed by atoms with Gasteiger partial charge in [0.2, 0.25) is 0 Å². The number of benzene rings is 2. The number of rotatable bonds is 7. The maximum absolute atomic E-state index is 12.7. The number of aromatic amines is 1. The molecular formula is C25H32N4O3. The minimum atomic E-state index is -0.230. The van der Waals surface area contributed by atoms with Crippen LogP contribution in [0.4, 0.5) is 0 Å². The number of fused-ring (bicyclic) bond motifs is 1. The van der Waals surface area contributed by atoms with Gasteiger partial charge in [-0.25, -0.2) is 4.98 Å². The van der Waals surface area contributed by atoms with Crippen LogP contribution in [0.15, 0.2) is 41.2 Å². The topological polar surface area (TPSA) is 79.5 Å². The van der Waals surface area contributed by atoms with Gasteiger partial charge in [0, 0.05) is 36.3 Å². The molecule has 0 radical (unpaired) electrons. The second kappa shape index (κ2) is 9.71. The molecule has 0 spiro atoms. The highest BCUT2D eigenvalue weighted by molar-refractivity contribution is 5.87. The summed E-state index contributed by atoms with van der Waals surface area (Å²) in [7, 11) is 3.11. The average molecular weight is 437 g/mol. The van der Waals surface area contributed by atoms with E-state index >= 15 is 0 Å². The molecule has 0 bridgehead atoms. The fourth-order valence-corrected chi connectivity index (χ4v) is 4.38. The van der Waals surface area contributed by atoms with Crippen molar-refractivity contribution in [2.45, 2.75) is 45.3 Å². The molecule has 170 valence electrons. The summed E-state index contributed by atoms with van der Waals surface area (Å²) >= 11 is 0. The lowest BCUT2D eigenvalue weighted by atomic mass is 10.0. The Kier molecular flexibility index (Phi) is 6.77. The zero-order valence-electron chi connectivity index (χ0n) is 19.3. The van der Waals surface area contributed by atoms with E-state index in [0.717, 1.165) is 25.2 Å². The fraction of sp³-hybridized carbons (Fsp3) is 0.440. The SMILES string of the molecule is COc1cc(OC)c2c(=O)[nH]c(-c3ccc(CN4CCC(NC(C)C)CC4)cc3)nc2c1. The van der Waals surface area contributed by atoms with Crippen molar-refractivity contribution in [2.75, 3.05) is 27.3 Å². The molecule has 1 aliphatic heterocycles. The normalized spacial score (nSPS) is 15.4. The molecule has 2 aromatic carbocycles. The molecule has 0 atom stereocenters. The van der Waals surface area contributed by atoms with Crippen molar-refractivity contribution < 1.29 is 9.47 Å². The van der Waals surface area contributed by atoms with Crippen LogP contribution < -0.4 is 20.3 Å². The van der Waals surface area contributed by atoms with Crippen LogP contribution >= 0.6 is 0 Å². The lowest BCUT2D eigenvalue weighted by Gasteiger charge is -2.33. The first-order chi connectivity index (χ1) is 15.5. The number of H-pyrrole nitrogens is 1. The number of piperidine rings is 1. The third-order valence-electron chi connectivity index (χ3n) is 5.99. The zero-order valence-corrected chi connectivity index (χ0v) is 19.3. The minimum Gasteiger partial charge on any atom is -0.497 e. The molecule has 0 unspecified atom stereocenters. The van der Waals surface area contributed by atoms with Gasteiger partial charge in [-0.1, -0.05) is 38.1 Å². The fourth-order valence-electron chi connectivity index (χ4n) is 4.38. The van der Waals surface area contributed by atoms with Gasteiger partial charge < -0.3 is 19.8 Å². The van der Waals surface area contributed by atoms with Crippen molar-refractivity contribution in [3.05, 3.63) is 52.3 Å². The number of nitrogens with one attached hydrogen (secondary N) is 2. The lowest BCUT2D eigenvalue weighted by Crippen LogP contribution is -2.44. The number of ether oxygens (including phenoxy) is 2. The molecule has 32 heavy (non-hydrogen) atoms. The largest absolute Gasteiger partial charge is 0.497 e. The summed E-state index contributed by atoms with van der Waals surface area (Å²) in [6.45, 7) is 7.56. The van der Waals surface area contributed by atoms with E-state index in [1.54, 1.807) is 19.2 Å².